The van der Waals surface area contributed by atoms with Crippen molar-refractivity contribution in [3.8, 4) is 33.6 Å². The molecule has 0 aliphatic rings. The molecule has 0 N–H and O–H groups in total. The van der Waals surface area contributed by atoms with E-state index in [1.54, 1.807) is 0 Å². The van der Waals surface area contributed by atoms with Crippen molar-refractivity contribution in [1.82, 2.24) is 9.13 Å². The molecule has 0 spiro atoms. The minimum atomic E-state index is 1.18. The molecule has 8 aromatic carbocycles. The van der Waals surface area contributed by atoms with E-state index in [1.807, 2.05) is 11.3 Å². The highest BCUT2D eigenvalue weighted by Gasteiger charge is 2.28. The van der Waals surface area contributed by atoms with Crippen molar-refractivity contribution in [2.45, 2.75) is 0 Å². The van der Waals surface area contributed by atoms with E-state index in [0.717, 1.165) is 0 Å². The van der Waals surface area contributed by atoms with Crippen molar-refractivity contribution in [1.29, 1.82) is 0 Å². The highest BCUT2D eigenvalue weighted by Crippen LogP contribution is 2.40. The van der Waals surface area contributed by atoms with Gasteiger partial charge in [0.25, 0.3) is 0 Å². The third kappa shape index (κ3) is 5.69. The Morgan fingerprint density at radius 2 is 0.652 bits per heavy atom. The molecule has 0 radical (unpaired) electrons. The monoisotopic (exact) mass is 846 g/mol. The summed E-state index contributed by atoms with van der Waals surface area (Å²) in [6, 6.07) is 33.9. The SMILES string of the molecule is Bc1c(B)c(B)c(-c2c(B)c(B)c(B)c(-c3c(B)c(B)c4sc5c(B)c(B)c(B)c(-n6c7ccccc7c7cc(-n8c9ccccc9c9ccccc98)ccc76)c5c4c3B)c2B)c(B)c1B. The summed E-state index contributed by atoms with van der Waals surface area (Å²) in [5, 5.41) is 7.87. The van der Waals surface area contributed by atoms with E-state index in [-0.39, 0.29) is 0 Å². The van der Waals surface area contributed by atoms with Crippen molar-refractivity contribution in [2.24, 2.45) is 0 Å². The molecule has 11 rings (SSSR count). The predicted molar refractivity (Wildman–Crippen MR) is 342 cm³/mol. The Hall–Kier alpha value is -5.45. The molecule has 3 aromatic heterocycles. The Morgan fingerprint density at radius 1 is 0.288 bits per heavy atom. The molecule has 0 aliphatic carbocycles. The number of benzene rings is 8. The highest BCUT2D eigenvalue weighted by atomic mass is 32.1. The second-order valence-corrected chi connectivity index (χ2v) is 20.7. The average molecular weight is 844 g/mol. The Bertz CT molecular complexity index is 3940. The molecule has 0 atom stereocenters. The maximum absolute atomic E-state index is 2.61. The molecule has 0 aliphatic heterocycles. The zero-order valence-corrected chi connectivity index (χ0v) is 42.3. The number of hydrogen-bond donors (Lipinski definition) is 0. The Labute approximate surface area is 406 Å². The molecule has 18 heteroatoms. The summed E-state index contributed by atoms with van der Waals surface area (Å²) in [5.41, 5.74) is 33.9. The zero-order valence-electron chi connectivity index (χ0n) is 41.5. The summed E-state index contributed by atoms with van der Waals surface area (Å²) in [7, 11) is 35.4. The number of nitrogens with zero attached hydrogens (tertiary/aromatic N) is 2. The van der Waals surface area contributed by atoms with Crippen LogP contribution in [0.2, 0.25) is 0 Å². The van der Waals surface area contributed by atoms with Crippen molar-refractivity contribution < 1.29 is 0 Å². The summed E-state index contributed by atoms with van der Waals surface area (Å²) in [4.78, 5) is 0. The molecule has 0 unspecified atom stereocenters. The first-order valence-electron chi connectivity index (χ1n) is 23.7. The molecule has 66 heavy (non-hydrogen) atoms. The van der Waals surface area contributed by atoms with Gasteiger partial charge in [-0.2, -0.15) is 0 Å². The first kappa shape index (κ1) is 43.1. The van der Waals surface area contributed by atoms with Gasteiger partial charge in [-0.15, -0.1) is 33.2 Å². The molecule has 3 heterocycles. The average Bonchev–Trinajstić information content (AvgIpc) is 3.99. The topological polar surface area (TPSA) is 9.86 Å². The largest absolute Gasteiger partial charge is 0.309 e. The van der Waals surface area contributed by atoms with Gasteiger partial charge in [0.05, 0.1) is 22.1 Å². The van der Waals surface area contributed by atoms with Crippen molar-refractivity contribution in [3.05, 3.63) is 91.0 Å². The fourth-order valence-electron chi connectivity index (χ4n) is 12.3. The van der Waals surface area contributed by atoms with Crippen LogP contribution in [-0.2, 0) is 0 Å². The second kappa shape index (κ2) is 15.3. The number of fused-ring (bicyclic) bond motifs is 9. The van der Waals surface area contributed by atoms with Crippen LogP contribution in [0.25, 0.3) is 97.4 Å². The van der Waals surface area contributed by atoms with Crippen LogP contribution >= 0.6 is 11.3 Å². The van der Waals surface area contributed by atoms with Gasteiger partial charge in [-0.25, -0.2) is 0 Å². The third-order valence-corrected chi connectivity index (χ3v) is 18.3. The van der Waals surface area contributed by atoms with Crippen LogP contribution in [0.1, 0.15) is 0 Å². The normalized spacial score (nSPS) is 11.9. The van der Waals surface area contributed by atoms with Crippen LogP contribution in [0.4, 0.5) is 0 Å². The minimum absolute atomic E-state index is 1.18. The van der Waals surface area contributed by atoms with Crippen molar-refractivity contribution in [2.75, 3.05) is 0 Å². The Kier molecular flexibility index (Phi) is 10.00. The lowest BCUT2D eigenvalue weighted by Crippen LogP contribution is -2.57. The maximum Gasteiger partial charge on any atom is 0.141 e. The smallest absolute Gasteiger partial charge is 0.141 e. The van der Waals surface area contributed by atoms with Gasteiger partial charge in [-0.05, 0) is 64.0 Å². The van der Waals surface area contributed by atoms with Crippen LogP contribution in [0.15, 0.2) is 91.0 Å². The second-order valence-electron chi connectivity index (χ2n) is 19.7. The minimum Gasteiger partial charge on any atom is -0.309 e. The van der Waals surface area contributed by atoms with E-state index in [9.17, 15) is 0 Å². The van der Waals surface area contributed by atoms with Crippen LogP contribution in [0.3, 0.4) is 0 Å². The maximum atomic E-state index is 2.61. The molecule has 0 bridgehead atoms. The fraction of sp³-hybridized carbons (Fsp3) is 0. The molecule has 298 valence electrons. The van der Waals surface area contributed by atoms with Gasteiger partial charge < -0.3 is 9.13 Å². The van der Waals surface area contributed by atoms with E-state index < -0.39 is 0 Å². The van der Waals surface area contributed by atoms with E-state index >= 15 is 0 Å². The molecule has 0 saturated carbocycles. The van der Waals surface area contributed by atoms with Crippen LogP contribution in [0.5, 0.6) is 0 Å². The lowest BCUT2D eigenvalue weighted by molar-refractivity contribution is 1.18. The molecule has 0 amide bonds. The highest BCUT2D eigenvalue weighted by molar-refractivity contribution is 7.28. The van der Waals surface area contributed by atoms with E-state index in [1.165, 1.54) is 179 Å². The standard InChI is InChI=1S/C48H45B15N2S/c49-31-25(33(51)38(56)34(52)27(31)28-35(53)39(57)41(59)40(58)36(28)54)26-32(50)29-30-46(43(61)42(60)45(63)48(30)66-47(29)44(62)37(26)55)65-23-12-6-3-9-19(23)20-15-16(13-14-24(20)65)64-21-10-4-1-7-17(21)18-8-2-5-11-22(18)64/h1-15H,49-63H2. The number of para-hydroxylation sites is 3. The Balaban J connectivity index is 1.25. The third-order valence-electron chi connectivity index (χ3n) is 16.8. The lowest BCUT2D eigenvalue weighted by atomic mass is 9.55. The van der Waals surface area contributed by atoms with E-state index in [2.05, 4.69) is 218 Å². The van der Waals surface area contributed by atoms with Crippen LogP contribution in [-0.4, -0.2) is 127 Å². The molecular weight excluding hydrogens is 799 g/mol. The van der Waals surface area contributed by atoms with Gasteiger partial charge >= 0.3 is 0 Å². The zero-order chi connectivity index (χ0) is 46.5. The van der Waals surface area contributed by atoms with E-state index in [0.29, 0.717) is 0 Å². The number of rotatable bonds is 4. The number of aromatic nitrogens is 2. The first-order valence-corrected chi connectivity index (χ1v) is 24.5. The quantitative estimate of drug-likeness (QED) is 0.156. The number of thiophene rings is 1. The van der Waals surface area contributed by atoms with E-state index in [4.69, 9.17) is 0 Å². The van der Waals surface area contributed by atoms with Crippen LogP contribution < -0.4 is 81.9 Å². The lowest BCUT2D eigenvalue weighted by Gasteiger charge is -2.29. The molecule has 0 saturated heterocycles. The van der Waals surface area contributed by atoms with Gasteiger partial charge in [-0.1, -0.05) is 115 Å². The van der Waals surface area contributed by atoms with Crippen molar-refractivity contribution >= 4 is 275 Å². The summed E-state index contributed by atoms with van der Waals surface area (Å²) in [5.74, 6) is 0. The molecular formula is C48H45B15N2S. The van der Waals surface area contributed by atoms with Gasteiger partial charge in [0, 0.05) is 47.7 Å². The van der Waals surface area contributed by atoms with Crippen molar-refractivity contribution in [3.63, 3.8) is 0 Å². The predicted octanol–water partition coefficient (Wildman–Crippen LogP) is -12.5. The van der Waals surface area contributed by atoms with Gasteiger partial charge in [-0.3, -0.25) is 0 Å². The first-order chi connectivity index (χ1) is 31.6. The fourth-order valence-corrected chi connectivity index (χ4v) is 13.8. The molecule has 0 fully saturated rings. The van der Waals surface area contributed by atoms with Gasteiger partial charge in [0.15, 0.2) is 0 Å². The summed E-state index contributed by atoms with van der Waals surface area (Å²) in [6.45, 7) is 0. The summed E-state index contributed by atoms with van der Waals surface area (Å²) in [6.07, 6.45) is 0. The van der Waals surface area contributed by atoms with Gasteiger partial charge in [0.2, 0.25) is 0 Å². The summed E-state index contributed by atoms with van der Waals surface area (Å²) < 4.78 is 7.86. The van der Waals surface area contributed by atoms with Crippen LogP contribution in [0, 0.1) is 0 Å². The molecule has 11 aromatic rings. The summed E-state index contributed by atoms with van der Waals surface area (Å²) >= 11 is 2.00. The Morgan fingerprint density at radius 3 is 1.20 bits per heavy atom. The van der Waals surface area contributed by atoms with Gasteiger partial charge in [0.1, 0.15) is 118 Å². The number of hydrogen-bond acceptors (Lipinski definition) is 1. The molecule has 2 nitrogen and oxygen atoms in total.